The molecule has 8 unspecified atom stereocenters. The second kappa shape index (κ2) is 17.5. The molecular weight excluding hydrogens is 568 g/mol. The summed E-state index contributed by atoms with van der Waals surface area (Å²) in [5, 5.41) is 3.44. The maximum Gasteiger partial charge on any atom is 0.410 e. The smallest absolute Gasteiger partial charge is 0.410 e. The predicted octanol–water partition coefficient (Wildman–Crippen LogP) is 8.54. The Morgan fingerprint density at radius 1 is 0.957 bits per heavy atom. The van der Waals surface area contributed by atoms with Gasteiger partial charge in [0.05, 0.1) is 0 Å². The minimum Gasteiger partial charge on any atom is -0.446 e. The maximum absolute atomic E-state index is 13.4. The van der Waals surface area contributed by atoms with Crippen LogP contribution in [0.1, 0.15) is 138 Å². The number of nitrogens with zero attached hydrogens (tertiary/aromatic N) is 1. The third kappa shape index (κ3) is 8.72. The summed E-state index contributed by atoms with van der Waals surface area (Å²) in [6.07, 6.45) is 20.5. The molecule has 0 heterocycles. The first-order valence-corrected chi connectivity index (χ1v) is 19.8. The molecule has 0 spiro atoms. The predicted molar refractivity (Wildman–Crippen MR) is 193 cm³/mol. The molecule has 6 heteroatoms. The van der Waals surface area contributed by atoms with Gasteiger partial charge >= 0.3 is 6.09 Å². The standard InChI is InChI=1S/C40H74N4O2/c1-7-31(29(2)3)13-12-30(4)35-16-17-36-34-15-14-32-28-33(18-20-39(32,5)37(34)19-21-40(35,36)6)46-38(45)44(27-11-23-42)26-9-8-24-43-25-10-22-41/h14,29-31,33-37,43H,7-13,15-28,41-42H2,1-6H3/t30-,31?,33?,34?,35?,36?,37?,39?,40?/m1/s1. The quantitative estimate of drug-likeness (QED) is 0.103. The molecule has 6 nitrogen and oxygen atoms in total. The molecule has 266 valence electrons. The van der Waals surface area contributed by atoms with Crippen molar-refractivity contribution in [3.05, 3.63) is 11.6 Å². The van der Waals surface area contributed by atoms with Crippen molar-refractivity contribution < 1.29 is 9.53 Å². The first kappa shape index (κ1) is 37.7. The van der Waals surface area contributed by atoms with E-state index in [1.54, 1.807) is 5.57 Å². The Hall–Kier alpha value is -1.11. The molecule has 5 N–H and O–H groups in total. The number of unbranched alkanes of at least 4 members (excludes halogenated alkanes) is 1. The van der Waals surface area contributed by atoms with Crippen molar-refractivity contribution >= 4 is 6.09 Å². The van der Waals surface area contributed by atoms with Gasteiger partial charge in [-0.3, -0.25) is 0 Å². The van der Waals surface area contributed by atoms with E-state index in [0.29, 0.717) is 18.5 Å². The average Bonchev–Trinajstić information content (AvgIpc) is 3.39. The third-order valence-corrected chi connectivity index (χ3v) is 14.0. The average molecular weight is 643 g/mol. The molecule has 9 atom stereocenters. The lowest BCUT2D eigenvalue weighted by Gasteiger charge is -2.58. The molecular formula is C40H74N4O2. The van der Waals surface area contributed by atoms with Gasteiger partial charge in [-0.15, -0.1) is 0 Å². The van der Waals surface area contributed by atoms with E-state index >= 15 is 0 Å². The minimum atomic E-state index is -0.134. The molecule has 4 aliphatic rings. The van der Waals surface area contributed by atoms with E-state index in [1.807, 2.05) is 4.90 Å². The highest BCUT2D eigenvalue weighted by Crippen LogP contribution is 2.67. The van der Waals surface area contributed by atoms with Crippen molar-refractivity contribution in [2.75, 3.05) is 39.3 Å². The number of carbonyl (C=O) groups excluding carboxylic acids is 1. The summed E-state index contributed by atoms with van der Waals surface area (Å²) >= 11 is 0. The molecule has 0 aliphatic heterocycles. The second-order valence-electron chi connectivity index (χ2n) is 16.9. The van der Waals surface area contributed by atoms with Crippen LogP contribution in [0.2, 0.25) is 0 Å². The van der Waals surface area contributed by atoms with Crippen molar-refractivity contribution in [2.24, 2.45) is 63.7 Å². The van der Waals surface area contributed by atoms with E-state index in [9.17, 15) is 4.79 Å². The Labute approximate surface area is 284 Å². The van der Waals surface area contributed by atoms with Crippen molar-refractivity contribution in [1.82, 2.24) is 10.2 Å². The lowest BCUT2D eigenvalue weighted by atomic mass is 9.47. The number of rotatable bonds is 18. The highest BCUT2D eigenvalue weighted by atomic mass is 16.6. The Kier molecular flexibility index (Phi) is 14.4. The number of fused-ring (bicyclic) bond motifs is 5. The molecule has 1 amide bonds. The molecule has 3 fully saturated rings. The van der Waals surface area contributed by atoms with Crippen molar-refractivity contribution in [2.45, 2.75) is 144 Å². The fourth-order valence-electron chi connectivity index (χ4n) is 11.1. The van der Waals surface area contributed by atoms with Crippen LogP contribution in [-0.4, -0.2) is 56.4 Å². The molecule has 0 saturated heterocycles. The normalized spacial score (nSPS) is 33.5. The first-order valence-electron chi connectivity index (χ1n) is 19.8. The van der Waals surface area contributed by atoms with Crippen molar-refractivity contribution in [3.63, 3.8) is 0 Å². The summed E-state index contributed by atoms with van der Waals surface area (Å²) in [6.45, 7) is 19.8. The summed E-state index contributed by atoms with van der Waals surface area (Å²) in [5.74, 6) is 5.93. The molecule has 0 aromatic heterocycles. The SMILES string of the molecule is CCC(CC[C@@H](C)C1CCC2C3CC=C4CC(OC(=O)N(CCCN)CCCCNCCCN)CCC4(C)C3CCC21C)C(C)C. The molecule has 0 aromatic carbocycles. The first-order chi connectivity index (χ1) is 22.1. The zero-order chi connectivity index (χ0) is 33.3. The van der Waals surface area contributed by atoms with Gasteiger partial charge in [0, 0.05) is 19.5 Å². The zero-order valence-electron chi connectivity index (χ0n) is 31.0. The van der Waals surface area contributed by atoms with Gasteiger partial charge in [-0.2, -0.15) is 0 Å². The van der Waals surface area contributed by atoms with Gasteiger partial charge in [0.15, 0.2) is 0 Å². The number of allylic oxidation sites excluding steroid dienone is 1. The Morgan fingerprint density at radius 3 is 2.41 bits per heavy atom. The van der Waals surface area contributed by atoms with Crippen LogP contribution in [0.5, 0.6) is 0 Å². The van der Waals surface area contributed by atoms with Crippen molar-refractivity contribution in [3.8, 4) is 0 Å². The van der Waals surface area contributed by atoms with Crippen LogP contribution in [-0.2, 0) is 4.74 Å². The third-order valence-electron chi connectivity index (χ3n) is 14.0. The van der Waals surface area contributed by atoms with Gasteiger partial charge < -0.3 is 26.4 Å². The van der Waals surface area contributed by atoms with Gasteiger partial charge in [0.25, 0.3) is 0 Å². The topological polar surface area (TPSA) is 93.6 Å². The molecule has 4 aliphatic carbocycles. The minimum absolute atomic E-state index is 0.00466. The van der Waals surface area contributed by atoms with E-state index in [2.05, 4.69) is 52.9 Å². The fraction of sp³-hybridized carbons (Fsp3) is 0.925. The number of carbonyl (C=O) groups is 1. The highest BCUT2D eigenvalue weighted by Gasteiger charge is 2.59. The molecule has 0 aromatic rings. The largest absolute Gasteiger partial charge is 0.446 e. The summed E-state index contributed by atoms with van der Waals surface area (Å²) in [6, 6.07) is 0. The number of nitrogens with one attached hydrogen (secondary N) is 1. The van der Waals surface area contributed by atoms with Gasteiger partial charge in [0.2, 0.25) is 0 Å². The van der Waals surface area contributed by atoms with Crippen LogP contribution >= 0.6 is 0 Å². The molecule has 4 rings (SSSR count). The lowest BCUT2D eigenvalue weighted by Crippen LogP contribution is -2.51. The zero-order valence-corrected chi connectivity index (χ0v) is 31.0. The number of hydrogen-bond acceptors (Lipinski definition) is 5. The van der Waals surface area contributed by atoms with Crippen LogP contribution < -0.4 is 16.8 Å². The maximum atomic E-state index is 13.4. The Balaban J connectivity index is 1.33. The summed E-state index contributed by atoms with van der Waals surface area (Å²) in [4.78, 5) is 15.3. The summed E-state index contributed by atoms with van der Waals surface area (Å²) in [5.41, 5.74) is 13.8. The number of hydrogen-bond donors (Lipinski definition) is 3. The fourth-order valence-corrected chi connectivity index (χ4v) is 11.1. The number of amides is 1. The van der Waals surface area contributed by atoms with Crippen LogP contribution in [0.25, 0.3) is 0 Å². The molecule has 0 bridgehead atoms. The van der Waals surface area contributed by atoms with Crippen LogP contribution in [0.3, 0.4) is 0 Å². The summed E-state index contributed by atoms with van der Waals surface area (Å²) < 4.78 is 6.25. The van der Waals surface area contributed by atoms with E-state index in [0.717, 1.165) is 113 Å². The highest BCUT2D eigenvalue weighted by molar-refractivity contribution is 5.67. The van der Waals surface area contributed by atoms with E-state index in [-0.39, 0.29) is 17.6 Å². The van der Waals surface area contributed by atoms with E-state index < -0.39 is 0 Å². The number of nitrogens with two attached hydrogens (primary N) is 2. The van der Waals surface area contributed by atoms with E-state index in [4.69, 9.17) is 16.2 Å². The van der Waals surface area contributed by atoms with Crippen LogP contribution in [0.15, 0.2) is 11.6 Å². The Bertz CT molecular complexity index is 969. The van der Waals surface area contributed by atoms with Gasteiger partial charge in [-0.1, -0.05) is 66.0 Å². The van der Waals surface area contributed by atoms with Gasteiger partial charge in [-0.05, 0) is 155 Å². The van der Waals surface area contributed by atoms with Gasteiger partial charge in [0.1, 0.15) is 6.10 Å². The molecule has 46 heavy (non-hydrogen) atoms. The lowest BCUT2D eigenvalue weighted by molar-refractivity contribution is -0.0595. The van der Waals surface area contributed by atoms with E-state index in [1.165, 1.54) is 51.4 Å². The van der Waals surface area contributed by atoms with Crippen LogP contribution in [0.4, 0.5) is 4.79 Å². The van der Waals surface area contributed by atoms with Crippen molar-refractivity contribution in [1.29, 1.82) is 0 Å². The molecule has 3 saturated carbocycles. The second-order valence-corrected chi connectivity index (χ2v) is 16.9. The monoisotopic (exact) mass is 643 g/mol. The van der Waals surface area contributed by atoms with Gasteiger partial charge in [-0.25, -0.2) is 4.79 Å². The summed E-state index contributed by atoms with van der Waals surface area (Å²) in [7, 11) is 0. The molecule has 0 radical (unpaired) electrons. The van der Waals surface area contributed by atoms with Crippen LogP contribution in [0, 0.1) is 52.3 Å². The Morgan fingerprint density at radius 2 is 1.70 bits per heavy atom. The number of ether oxygens (including phenoxy) is 1.